The normalized spacial score (nSPS) is 19.9. The molecular formula is C33H37F2N7O. The lowest BCUT2D eigenvalue weighted by molar-refractivity contribution is 0.103. The quantitative estimate of drug-likeness (QED) is 0.223. The topological polar surface area (TPSA) is 85.2 Å². The van der Waals surface area contributed by atoms with E-state index in [2.05, 4.69) is 55.2 Å². The van der Waals surface area contributed by atoms with Gasteiger partial charge in [0.1, 0.15) is 11.6 Å². The van der Waals surface area contributed by atoms with Crippen LogP contribution >= 0.6 is 0 Å². The van der Waals surface area contributed by atoms with Gasteiger partial charge in [-0.15, -0.1) is 0 Å². The highest BCUT2D eigenvalue weighted by Crippen LogP contribution is 2.34. The predicted octanol–water partition coefficient (Wildman–Crippen LogP) is 5.83. The molecule has 43 heavy (non-hydrogen) atoms. The molecule has 1 saturated heterocycles. The summed E-state index contributed by atoms with van der Waals surface area (Å²) in [6, 6.07) is 16.1. The van der Waals surface area contributed by atoms with E-state index in [1.165, 1.54) is 17.8 Å². The van der Waals surface area contributed by atoms with Gasteiger partial charge in [0.05, 0.1) is 17.1 Å². The van der Waals surface area contributed by atoms with Gasteiger partial charge < -0.3 is 20.2 Å². The average molecular weight is 586 g/mol. The maximum Gasteiger partial charge on any atom is 0.161 e. The number of rotatable bonds is 7. The zero-order valence-corrected chi connectivity index (χ0v) is 24.4. The van der Waals surface area contributed by atoms with Crippen LogP contribution in [-0.2, 0) is 13.0 Å². The van der Waals surface area contributed by atoms with Crippen LogP contribution in [0.4, 0.5) is 26.1 Å². The first-order valence-corrected chi connectivity index (χ1v) is 15.2. The number of nitrogens with zero attached hydrogens (tertiary/aromatic N) is 5. The molecule has 1 saturated carbocycles. The molecule has 7 rings (SSSR count). The number of likely N-dealkylation sites (N-methyl/N-ethyl adjacent to an activating group) is 1. The maximum absolute atomic E-state index is 13.8. The molecule has 2 aromatic heterocycles. The van der Waals surface area contributed by atoms with Crippen molar-refractivity contribution in [3.05, 3.63) is 77.4 Å². The van der Waals surface area contributed by atoms with Crippen molar-refractivity contribution in [2.75, 3.05) is 43.4 Å². The lowest BCUT2D eigenvalue weighted by Crippen LogP contribution is -2.44. The van der Waals surface area contributed by atoms with Crippen LogP contribution in [-0.4, -0.2) is 69.3 Å². The number of piperazine rings is 1. The first kappa shape index (κ1) is 27.8. The minimum absolute atomic E-state index is 0.190. The smallest absolute Gasteiger partial charge is 0.161 e. The van der Waals surface area contributed by atoms with Crippen molar-refractivity contribution in [2.24, 2.45) is 5.92 Å². The van der Waals surface area contributed by atoms with Crippen LogP contribution < -0.4 is 10.2 Å². The van der Waals surface area contributed by atoms with Crippen LogP contribution in [0.2, 0.25) is 0 Å². The predicted molar refractivity (Wildman–Crippen MR) is 166 cm³/mol. The van der Waals surface area contributed by atoms with Crippen molar-refractivity contribution in [1.82, 2.24) is 24.9 Å². The van der Waals surface area contributed by atoms with Gasteiger partial charge >= 0.3 is 0 Å². The molecule has 1 aliphatic carbocycles. The SMILES string of the molecule is CN1CCN(c2ccc3c(Nc4n[nH]c5ccc(Cc6cc(F)cc(F)c6)cc45)nn(CC4CCC(O)CC4)c3c2)CC1. The molecule has 0 bridgehead atoms. The molecule has 2 aliphatic rings. The Balaban J connectivity index is 1.21. The van der Waals surface area contributed by atoms with Crippen molar-refractivity contribution < 1.29 is 13.9 Å². The van der Waals surface area contributed by atoms with E-state index in [9.17, 15) is 13.9 Å². The molecule has 10 heteroatoms. The molecule has 1 aliphatic heterocycles. The van der Waals surface area contributed by atoms with E-state index in [0.717, 1.165) is 97.7 Å². The summed E-state index contributed by atoms with van der Waals surface area (Å²) >= 11 is 0. The van der Waals surface area contributed by atoms with E-state index in [0.29, 0.717) is 23.7 Å². The van der Waals surface area contributed by atoms with Gasteiger partial charge in [-0.3, -0.25) is 9.78 Å². The van der Waals surface area contributed by atoms with Crippen LogP contribution in [0.5, 0.6) is 0 Å². The summed E-state index contributed by atoms with van der Waals surface area (Å²) in [5, 5.41) is 28.2. The number of fused-ring (bicyclic) bond motifs is 2. The number of benzene rings is 3. The van der Waals surface area contributed by atoms with E-state index in [-0.39, 0.29) is 6.10 Å². The Morgan fingerprint density at radius 2 is 1.63 bits per heavy atom. The molecule has 2 fully saturated rings. The molecule has 8 nitrogen and oxygen atoms in total. The number of aliphatic hydroxyl groups excluding tert-OH is 1. The Morgan fingerprint density at radius 1 is 0.860 bits per heavy atom. The van der Waals surface area contributed by atoms with Crippen molar-refractivity contribution in [2.45, 2.75) is 44.8 Å². The van der Waals surface area contributed by atoms with Gasteiger partial charge in [-0.2, -0.15) is 10.2 Å². The fourth-order valence-electron chi connectivity index (χ4n) is 6.55. The molecule has 224 valence electrons. The van der Waals surface area contributed by atoms with E-state index in [1.807, 2.05) is 18.2 Å². The van der Waals surface area contributed by atoms with Crippen molar-refractivity contribution in [3.63, 3.8) is 0 Å². The number of anilines is 3. The number of halogens is 2. The number of nitrogens with one attached hydrogen (secondary N) is 2. The Kier molecular flexibility index (Phi) is 7.48. The van der Waals surface area contributed by atoms with Crippen molar-refractivity contribution in [1.29, 1.82) is 0 Å². The zero-order chi connectivity index (χ0) is 29.5. The van der Waals surface area contributed by atoms with Crippen LogP contribution in [0.15, 0.2) is 54.6 Å². The summed E-state index contributed by atoms with van der Waals surface area (Å²) in [6.45, 7) is 4.86. The molecule has 0 atom stereocenters. The molecule has 0 amide bonds. The van der Waals surface area contributed by atoms with Gasteiger partial charge in [0.25, 0.3) is 0 Å². The van der Waals surface area contributed by atoms with Crippen LogP contribution in [0.25, 0.3) is 21.8 Å². The highest BCUT2D eigenvalue weighted by Gasteiger charge is 2.23. The molecular weight excluding hydrogens is 548 g/mol. The van der Waals surface area contributed by atoms with E-state index < -0.39 is 11.6 Å². The Morgan fingerprint density at radius 3 is 2.40 bits per heavy atom. The number of aromatic amines is 1. The largest absolute Gasteiger partial charge is 0.393 e. The first-order valence-electron chi connectivity index (χ1n) is 15.2. The highest BCUT2D eigenvalue weighted by molar-refractivity contribution is 5.98. The lowest BCUT2D eigenvalue weighted by atomic mass is 9.87. The molecule has 3 N–H and O–H groups in total. The molecule has 5 aromatic rings. The second-order valence-corrected chi connectivity index (χ2v) is 12.2. The van der Waals surface area contributed by atoms with E-state index >= 15 is 0 Å². The van der Waals surface area contributed by atoms with Gasteiger partial charge in [-0.25, -0.2) is 8.78 Å². The summed E-state index contributed by atoms with van der Waals surface area (Å²) in [7, 11) is 2.16. The van der Waals surface area contributed by atoms with Crippen LogP contribution in [0, 0.1) is 17.6 Å². The van der Waals surface area contributed by atoms with Gasteiger partial charge in [-0.1, -0.05) is 6.07 Å². The van der Waals surface area contributed by atoms with Gasteiger partial charge in [0.2, 0.25) is 0 Å². The third kappa shape index (κ3) is 5.94. The maximum atomic E-state index is 13.8. The number of hydrogen-bond acceptors (Lipinski definition) is 6. The van der Waals surface area contributed by atoms with E-state index in [4.69, 9.17) is 5.10 Å². The molecule has 3 aromatic carbocycles. The monoisotopic (exact) mass is 585 g/mol. The van der Waals surface area contributed by atoms with E-state index in [1.54, 1.807) is 0 Å². The van der Waals surface area contributed by atoms with Gasteiger partial charge in [0, 0.05) is 55.2 Å². The first-order chi connectivity index (χ1) is 20.9. The number of H-pyrrole nitrogens is 1. The Hall–Kier alpha value is -4.02. The van der Waals surface area contributed by atoms with Gasteiger partial charge in [-0.05, 0) is 98.7 Å². The zero-order valence-electron chi connectivity index (χ0n) is 24.4. The minimum Gasteiger partial charge on any atom is -0.393 e. The molecule has 3 heterocycles. The second-order valence-electron chi connectivity index (χ2n) is 12.2. The summed E-state index contributed by atoms with van der Waals surface area (Å²) in [4.78, 5) is 4.79. The summed E-state index contributed by atoms with van der Waals surface area (Å²) in [6.07, 6.45) is 3.87. The average Bonchev–Trinajstić information content (AvgIpc) is 3.54. The summed E-state index contributed by atoms with van der Waals surface area (Å²) in [5.74, 6) is 0.696. The third-order valence-electron chi connectivity index (χ3n) is 9.05. The Bertz CT molecular complexity index is 1730. The number of aliphatic hydroxyl groups is 1. The van der Waals surface area contributed by atoms with Gasteiger partial charge in [0.15, 0.2) is 11.6 Å². The van der Waals surface area contributed by atoms with Crippen molar-refractivity contribution >= 4 is 39.1 Å². The molecule has 0 spiro atoms. The molecule has 0 unspecified atom stereocenters. The standard InChI is InChI=1S/C33H37F2N7O/c1-40-10-12-41(13-11-40)26-5-8-28-31(19-26)42(20-21-2-6-27(43)7-3-21)39-33(28)36-32-29-17-22(4-9-30(29)37-38-32)14-23-15-24(34)18-25(35)16-23/h4-5,8-9,15-19,21,27,43H,2-3,6-7,10-14,20H2,1H3,(H2,36,37,38,39). The highest BCUT2D eigenvalue weighted by atomic mass is 19.1. The number of aromatic nitrogens is 4. The summed E-state index contributed by atoms with van der Waals surface area (Å²) < 4.78 is 29.7. The lowest BCUT2D eigenvalue weighted by Gasteiger charge is -2.34. The fourth-order valence-corrected chi connectivity index (χ4v) is 6.55. The fraction of sp³-hybridized carbons (Fsp3) is 0.394. The summed E-state index contributed by atoms with van der Waals surface area (Å²) in [5.41, 5.74) is 4.65. The van der Waals surface area contributed by atoms with Crippen LogP contribution in [0.1, 0.15) is 36.8 Å². The van der Waals surface area contributed by atoms with Crippen LogP contribution in [0.3, 0.4) is 0 Å². The molecule has 0 radical (unpaired) electrons. The second kappa shape index (κ2) is 11.6. The third-order valence-corrected chi connectivity index (χ3v) is 9.05. The number of hydrogen-bond donors (Lipinski definition) is 3. The minimum atomic E-state index is -0.579. The Labute approximate surface area is 249 Å². The van der Waals surface area contributed by atoms with Crippen molar-refractivity contribution in [3.8, 4) is 0 Å².